The van der Waals surface area contributed by atoms with Crippen LogP contribution in [0.25, 0.3) is 0 Å². The second kappa shape index (κ2) is 2.42. The van der Waals surface area contributed by atoms with Crippen LogP contribution in [0.4, 0.5) is 0 Å². The molecule has 0 aromatic carbocycles. The molecular formula is C11H14N4. The van der Waals surface area contributed by atoms with Gasteiger partial charge in [0.25, 0.3) is 0 Å². The molecule has 0 spiro atoms. The van der Waals surface area contributed by atoms with Gasteiger partial charge in [0, 0.05) is 23.4 Å². The van der Waals surface area contributed by atoms with E-state index in [1.54, 1.807) is 6.20 Å². The summed E-state index contributed by atoms with van der Waals surface area (Å²) in [4.78, 5) is 0. The molecule has 1 unspecified atom stereocenters. The minimum Gasteiger partial charge on any atom is -0.310 e. The topological polar surface area (TPSA) is 64.5 Å². The number of hydrogen-bond donors (Lipinski definition) is 2. The second-order valence-electron chi connectivity index (χ2n) is 4.73. The lowest BCUT2D eigenvalue weighted by Gasteiger charge is -2.26. The Morgan fingerprint density at radius 3 is 3.00 bits per heavy atom. The fourth-order valence-electron chi connectivity index (χ4n) is 3.53. The molecule has 2 N–H and O–H groups in total. The van der Waals surface area contributed by atoms with E-state index in [2.05, 4.69) is 35.4 Å². The lowest BCUT2D eigenvalue weighted by atomic mass is 9.94. The zero-order valence-electron chi connectivity index (χ0n) is 8.96. The van der Waals surface area contributed by atoms with Gasteiger partial charge in [-0.25, -0.2) is 0 Å². The Kier molecular flexibility index (Phi) is 1.44. The van der Waals surface area contributed by atoms with Crippen molar-refractivity contribution in [2.24, 2.45) is 5.92 Å². The molecule has 0 bridgehead atoms. The monoisotopic (exact) mass is 202 g/mol. The van der Waals surface area contributed by atoms with Crippen molar-refractivity contribution in [3.63, 3.8) is 0 Å². The number of rotatable bonds is 2. The molecule has 0 amide bonds. The van der Waals surface area contributed by atoms with Gasteiger partial charge >= 0.3 is 0 Å². The van der Waals surface area contributed by atoms with Gasteiger partial charge < -0.3 is 5.32 Å². The zero-order chi connectivity index (χ0) is 10.7. The summed E-state index contributed by atoms with van der Waals surface area (Å²) in [5, 5.41) is 19.5. The smallest absolute Gasteiger partial charge is 0.103 e. The minimum atomic E-state index is 0.0866. The van der Waals surface area contributed by atoms with Crippen LogP contribution in [-0.4, -0.2) is 22.3 Å². The van der Waals surface area contributed by atoms with Gasteiger partial charge in [0.1, 0.15) is 6.07 Å². The molecule has 2 aliphatic rings. The lowest BCUT2D eigenvalue weighted by Crippen LogP contribution is -2.46. The Hall–Kier alpha value is -1.34. The third-order valence-electron chi connectivity index (χ3n) is 4.59. The van der Waals surface area contributed by atoms with E-state index in [9.17, 15) is 0 Å². The van der Waals surface area contributed by atoms with Crippen LogP contribution < -0.4 is 5.32 Å². The predicted molar refractivity (Wildman–Crippen MR) is 55.2 cm³/mol. The van der Waals surface area contributed by atoms with Gasteiger partial charge in [-0.15, -0.1) is 0 Å². The van der Waals surface area contributed by atoms with Gasteiger partial charge in [-0.1, -0.05) is 13.8 Å². The Morgan fingerprint density at radius 1 is 1.73 bits per heavy atom. The molecule has 2 fully saturated rings. The molecule has 1 saturated carbocycles. The molecule has 1 saturated heterocycles. The first kappa shape index (κ1) is 8.93. The van der Waals surface area contributed by atoms with Crippen molar-refractivity contribution in [1.82, 2.24) is 15.5 Å². The molecule has 1 aromatic rings. The van der Waals surface area contributed by atoms with Crippen molar-refractivity contribution < 1.29 is 0 Å². The first-order valence-corrected chi connectivity index (χ1v) is 5.39. The van der Waals surface area contributed by atoms with Gasteiger partial charge in [-0.3, -0.25) is 5.10 Å². The van der Waals surface area contributed by atoms with Crippen molar-refractivity contribution in [2.45, 2.75) is 31.2 Å². The third kappa shape index (κ3) is 0.721. The summed E-state index contributed by atoms with van der Waals surface area (Å²) in [6, 6.07) is 2.21. The normalized spacial score (nSPS) is 41.5. The minimum absolute atomic E-state index is 0.0866. The largest absolute Gasteiger partial charge is 0.310 e. The van der Waals surface area contributed by atoms with Crippen molar-refractivity contribution >= 4 is 0 Å². The zero-order valence-corrected chi connectivity index (χ0v) is 8.96. The van der Waals surface area contributed by atoms with E-state index in [1.807, 2.05) is 0 Å². The molecule has 15 heavy (non-hydrogen) atoms. The van der Waals surface area contributed by atoms with Crippen LogP contribution in [-0.2, 0) is 5.41 Å². The van der Waals surface area contributed by atoms with Crippen molar-refractivity contribution in [1.29, 1.82) is 5.26 Å². The molecule has 2 heterocycles. The molecule has 4 heteroatoms. The Labute approximate surface area is 88.7 Å². The molecule has 1 aliphatic carbocycles. The first-order chi connectivity index (χ1) is 7.20. The highest BCUT2D eigenvalue weighted by atomic mass is 15.2. The quantitative estimate of drug-likeness (QED) is 0.749. The van der Waals surface area contributed by atoms with Gasteiger partial charge in [0.15, 0.2) is 0 Å². The van der Waals surface area contributed by atoms with Gasteiger partial charge in [0.2, 0.25) is 0 Å². The van der Waals surface area contributed by atoms with E-state index in [0.717, 1.165) is 18.7 Å². The van der Waals surface area contributed by atoms with Gasteiger partial charge in [0.05, 0.1) is 17.5 Å². The SMILES string of the molecule is CCC12NC[C@@H]1[C@]2(C)c1[nH]ncc1C#N. The van der Waals surface area contributed by atoms with E-state index in [-0.39, 0.29) is 11.0 Å². The fraction of sp³-hybridized carbons (Fsp3) is 0.636. The summed E-state index contributed by atoms with van der Waals surface area (Å²) in [5.74, 6) is 0.669. The second-order valence-corrected chi connectivity index (χ2v) is 4.73. The maximum Gasteiger partial charge on any atom is 0.103 e. The standard InChI is InChI=1S/C11H14N4/c1-3-11-8(6-13-11)10(11,2)9-7(4-12)5-14-15-9/h5,8,13H,3,6H2,1-2H3,(H,14,15)/t8-,10-,11?/m1/s1. The Balaban J connectivity index is 2.07. The molecule has 1 aromatic heterocycles. The average Bonchev–Trinajstić information content (AvgIpc) is 2.60. The van der Waals surface area contributed by atoms with Gasteiger partial charge in [-0.05, 0) is 6.42 Å². The number of nitrogens with zero attached hydrogens (tertiary/aromatic N) is 2. The maximum absolute atomic E-state index is 9.02. The number of nitriles is 1. The number of nitrogens with one attached hydrogen (secondary N) is 2. The highest BCUT2D eigenvalue weighted by Gasteiger charge is 2.79. The average molecular weight is 202 g/mol. The first-order valence-electron chi connectivity index (χ1n) is 5.39. The number of fused-ring (bicyclic) bond motifs is 1. The number of hydrogen-bond acceptors (Lipinski definition) is 3. The summed E-state index contributed by atoms with van der Waals surface area (Å²) >= 11 is 0. The summed E-state index contributed by atoms with van der Waals surface area (Å²) in [6.45, 7) is 5.50. The summed E-state index contributed by atoms with van der Waals surface area (Å²) in [5.41, 5.74) is 2.03. The molecule has 0 radical (unpaired) electrons. The van der Waals surface area contributed by atoms with Gasteiger partial charge in [-0.2, -0.15) is 10.4 Å². The number of H-pyrrole nitrogens is 1. The highest BCUT2D eigenvalue weighted by molar-refractivity contribution is 5.51. The van der Waals surface area contributed by atoms with Crippen LogP contribution in [0.1, 0.15) is 31.5 Å². The predicted octanol–water partition coefficient (Wildman–Crippen LogP) is 0.921. The summed E-state index contributed by atoms with van der Waals surface area (Å²) < 4.78 is 0. The number of aromatic nitrogens is 2. The molecule has 1 aliphatic heterocycles. The van der Waals surface area contributed by atoms with E-state index >= 15 is 0 Å². The highest BCUT2D eigenvalue weighted by Crippen LogP contribution is 2.69. The van der Waals surface area contributed by atoms with E-state index in [4.69, 9.17) is 5.26 Å². The van der Waals surface area contributed by atoms with E-state index in [0.29, 0.717) is 11.5 Å². The Morgan fingerprint density at radius 2 is 2.53 bits per heavy atom. The van der Waals surface area contributed by atoms with Crippen LogP contribution in [0.2, 0.25) is 0 Å². The third-order valence-corrected chi connectivity index (χ3v) is 4.59. The van der Waals surface area contributed by atoms with Crippen molar-refractivity contribution in [3.05, 3.63) is 17.5 Å². The van der Waals surface area contributed by atoms with Crippen LogP contribution >= 0.6 is 0 Å². The van der Waals surface area contributed by atoms with Crippen molar-refractivity contribution in [2.75, 3.05) is 6.54 Å². The lowest BCUT2D eigenvalue weighted by molar-refractivity contribution is 0.337. The van der Waals surface area contributed by atoms with Crippen LogP contribution in [0.5, 0.6) is 0 Å². The van der Waals surface area contributed by atoms with E-state index < -0.39 is 0 Å². The molecular weight excluding hydrogens is 188 g/mol. The fourth-order valence-corrected chi connectivity index (χ4v) is 3.53. The Bertz CT molecular complexity index is 453. The molecule has 78 valence electrons. The van der Waals surface area contributed by atoms with E-state index in [1.165, 1.54) is 0 Å². The molecule has 4 nitrogen and oxygen atoms in total. The molecule has 3 atom stereocenters. The summed E-state index contributed by atoms with van der Waals surface area (Å²) in [6.07, 6.45) is 2.74. The van der Waals surface area contributed by atoms with Crippen LogP contribution in [0.3, 0.4) is 0 Å². The number of aromatic amines is 1. The molecule has 3 rings (SSSR count). The summed E-state index contributed by atoms with van der Waals surface area (Å²) in [7, 11) is 0. The van der Waals surface area contributed by atoms with Crippen LogP contribution in [0, 0.1) is 17.2 Å². The van der Waals surface area contributed by atoms with Crippen molar-refractivity contribution in [3.8, 4) is 6.07 Å². The van der Waals surface area contributed by atoms with Crippen LogP contribution in [0.15, 0.2) is 6.20 Å². The maximum atomic E-state index is 9.02.